The van der Waals surface area contributed by atoms with Gasteiger partial charge in [-0.3, -0.25) is 0 Å². The molecule has 1 aromatic rings. The van der Waals surface area contributed by atoms with Crippen LogP contribution in [0.3, 0.4) is 0 Å². The first-order valence-electron chi connectivity index (χ1n) is 6.85. The van der Waals surface area contributed by atoms with Crippen LogP contribution < -0.4 is 0 Å². The molecule has 1 aromatic carbocycles. The first-order valence-corrected chi connectivity index (χ1v) is 6.85. The maximum atomic E-state index is 5.99. The second-order valence-electron chi connectivity index (χ2n) is 4.83. The van der Waals surface area contributed by atoms with Gasteiger partial charge in [0.25, 0.3) is 0 Å². The second kappa shape index (κ2) is 6.55. The molecule has 96 valence electrons. The van der Waals surface area contributed by atoms with Crippen molar-refractivity contribution in [3.63, 3.8) is 0 Å². The number of unbranched alkanes of at least 4 members (excludes halogenated alkanes) is 1. The summed E-state index contributed by atoms with van der Waals surface area (Å²) in [6.45, 7) is 6.85. The van der Waals surface area contributed by atoms with Crippen molar-refractivity contribution in [2.45, 2.75) is 38.7 Å². The molecule has 1 aliphatic heterocycles. The monoisotopic (exact) mass is 242 g/mol. The molecule has 0 saturated carbocycles. The largest absolute Gasteiger partial charge is 0.365 e. The SMILES string of the molecule is C=CCC1=C(CCCC)C(c2ccccc2)OC1. The van der Waals surface area contributed by atoms with Crippen molar-refractivity contribution in [2.24, 2.45) is 0 Å². The van der Waals surface area contributed by atoms with Gasteiger partial charge in [-0.15, -0.1) is 6.58 Å². The van der Waals surface area contributed by atoms with Crippen LogP contribution in [-0.2, 0) is 4.74 Å². The number of allylic oxidation sites excluding steroid dienone is 1. The molecular formula is C17H22O. The summed E-state index contributed by atoms with van der Waals surface area (Å²) in [5, 5.41) is 0. The van der Waals surface area contributed by atoms with E-state index in [2.05, 4.69) is 43.8 Å². The van der Waals surface area contributed by atoms with E-state index in [0.717, 1.165) is 19.4 Å². The van der Waals surface area contributed by atoms with Crippen LogP contribution in [0.1, 0.15) is 44.3 Å². The van der Waals surface area contributed by atoms with Gasteiger partial charge in [0.05, 0.1) is 6.61 Å². The van der Waals surface area contributed by atoms with Gasteiger partial charge >= 0.3 is 0 Å². The molecule has 0 aromatic heterocycles. The predicted molar refractivity (Wildman–Crippen MR) is 76.5 cm³/mol. The van der Waals surface area contributed by atoms with E-state index < -0.39 is 0 Å². The van der Waals surface area contributed by atoms with Gasteiger partial charge in [0.1, 0.15) is 6.10 Å². The lowest BCUT2D eigenvalue weighted by Crippen LogP contribution is -2.01. The lowest BCUT2D eigenvalue weighted by Gasteiger charge is -2.15. The minimum Gasteiger partial charge on any atom is -0.365 e. The maximum absolute atomic E-state index is 5.99. The third kappa shape index (κ3) is 2.91. The molecule has 0 spiro atoms. The van der Waals surface area contributed by atoms with Gasteiger partial charge < -0.3 is 4.74 Å². The van der Waals surface area contributed by atoms with Gasteiger partial charge in [-0.2, -0.15) is 0 Å². The highest BCUT2D eigenvalue weighted by molar-refractivity contribution is 5.33. The van der Waals surface area contributed by atoms with Crippen LogP contribution >= 0.6 is 0 Å². The number of rotatable bonds is 6. The lowest BCUT2D eigenvalue weighted by atomic mass is 9.94. The molecule has 1 aliphatic rings. The standard InChI is InChI=1S/C17H22O/c1-3-5-12-16-15(9-4-2)13-18-17(16)14-10-7-6-8-11-14/h4,6-8,10-11,17H,2-3,5,9,12-13H2,1H3. The van der Waals surface area contributed by atoms with E-state index in [4.69, 9.17) is 4.74 Å². The summed E-state index contributed by atoms with van der Waals surface area (Å²) in [4.78, 5) is 0. The summed E-state index contributed by atoms with van der Waals surface area (Å²) in [7, 11) is 0. The topological polar surface area (TPSA) is 9.23 Å². The summed E-state index contributed by atoms with van der Waals surface area (Å²) >= 11 is 0. The fraction of sp³-hybridized carbons (Fsp3) is 0.412. The van der Waals surface area contributed by atoms with Crippen LogP contribution in [-0.4, -0.2) is 6.61 Å². The predicted octanol–water partition coefficient (Wildman–Crippen LogP) is 4.82. The Balaban J connectivity index is 2.22. The molecule has 0 amide bonds. The second-order valence-corrected chi connectivity index (χ2v) is 4.83. The zero-order valence-corrected chi connectivity index (χ0v) is 11.2. The summed E-state index contributed by atoms with van der Waals surface area (Å²) in [5.41, 5.74) is 4.21. The molecule has 1 atom stereocenters. The molecule has 0 fully saturated rings. The molecule has 1 nitrogen and oxygen atoms in total. The van der Waals surface area contributed by atoms with Gasteiger partial charge in [0, 0.05) is 0 Å². The van der Waals surface area contributed by atoms with Crippen molar-refractivity contribution in [1.29, 1.82) is 0 Å². The molecular weight excluding hydrogens is 220 g/mol. The molecule has 18 heavy (non-hydrogen) atoms. The number of ether oxygens (including phenoxy) is 1. The maximum Gasteiger partial charge on any atom is 0.104 e. The minimum atomic E-state index is 0.174. The van der Waals surface area contributed by atoms with Gasteiger partial charge in [0.2, 0.25) is 0 Å². The Bertz CT molecular complexity index is 416. The number of hydrogen-bond acceptors (Lipinski definition) is 1. The molecule has 0 N–H and O–H groups in total. The molecule has 1 heterocycles. The van der Waals surface area contributed by atoms with Crippen LogP contribution in [0.2, 0.25) is 0 Å². The van der Waals surface area contributed by atoms with Gasteiger partial charge in [-0.1, -0.05) is 49.8 Å². The Hall–Kier alpha value is -1.34. The van der Waals surface area contributed by atoms with Crippen LogP contribution in [0.25, 0.3) is 0 Å². The van der Waals surface area contributed by atoms with E-state index in [0.29, 0.717) is 0 Å². The van der Waals surface area contributed by atoms with Crippen molar-refractivity contribution in [3.05, 3.63) is 59.7 Å². The normalized spacial score (nSPS) is 19.3. The van der Waals surface area contributed by atoms with Crippen molar-refractivity contribution in [1.82, 2.24) is 0 Å². The highest BCUT2D eigenvalue weighted by atomic mass is 16.5. The van der Waals surface area contributed by atoms with Gasteiger partial charge in [-0.05, 0) is 36.0 Å². The van der Waals surface area contributed by atoms with Crippen LogP contribution in [0, 0.1) is 0 Å². The quantitative estimate of drug-likeness (QED) is 0.650. The van der Waals surface area contributed by atoms with Crippen molar-refractivity contribution >= 4 is 0 Å². The van der Waals surface area contributed by atoms with E-state index >= 15 is 0 Å². The Morgan fingerprint density at radius 3 is 2.78 bits per heavy atom. The highest BCUT2D eigenvalue weighted by Crippen LogP contribution is 2.38. The molecule has 2 rings (SSSR count). The Morgan fingerprint density at radius 2 is 2.11 bits per heavy atom. The Morgan fingerprint density at radius 1 is 1.33 bits per heavy atom. The summed E-state index contributed by atoms with van der Waals surface area (Å²) in [6.07, 6.45) is 6.74. The highest BCUT2D eigenvalue weighted by Gasteiger charge is 2.26. The lowest BCUT2D eigenvalue weighted by molar-refractivity contribution is 0.118. The minimum absolute atomic E-state index is 0.174. The first-order chi connectivity index (χ1) is 8.86. The van der Waals surface area contributed by atoms with E-state index in [-0.39, 0.29) is 6.10 Å². The fourth-order valence-electron chi connectivity index (χ4n) is 2.53. The molecule has 1 heteroatoms. The third-order valence-corrected chi connectivity index (χ3v) is 3.49. The average molecular weight is 242 g/mol. The number of benzene rings is 1. The molecule has 0 aliphatic carbocycles. The zero-order chi connectivity index (χ0) is 12.8. The third-order valence-electron chi connectivity index (χ3n) is 3.49. The summed E-state index contributed by atoms with van der Waals surface area (Å²) < 4.78 is 5.99. The van der Waals surface area contributed by atoms with Crippen LogP contribution in [0.5, 0.6) is 0 Å². The summed E-state index contributed by atoms with van der Waals surface area (Å²) in [6, 6.07) is 10.5. The van der Waals surface area contributed by atoms with Gasteiger partial charge in [-0.25, -0.2) is 0 Å². The molecule has 0 bridgehead atoms. The van der Waals surface area contributed by atoms with Crippen molar-refractivity contribution < 1.29 is 4.74 Å². The van der Waals surface area contributed by atoms with E-state index in [1.54, 1.807) is 0 Å². The molecule has 0 saturated heterocycles. The van der Waals surface area contributed by atoms with Gasteiger partial charge in [0.15, 0.2) is 0 Å². The zero-order valence-electron chi connectivity index (χ0n) is 11.2. The summed E-state index contributed by atoms with van der Waals surface area (Å²) in [5.74, 6) is 0. The first kappa shape index (κ1) is 13.1. The van der Waals surface area contributed by atoms with E-state index in [1.807, 2.05) is 6.08 Å². The van der Waals surface area contributed by atoms with E-state index in [1.165, 1.54) is 29.6 Å². The van der Waals surface area contributed by atoms with Crippen molar-refractivity contribution in [2.75, 3.05) is 6.61 Å². The number of hydrogen-bond donors (Lipinski definition) is 0. The molecule has 1 unspecified atom stereocenters. The Labute approximate surface area is 110 Å². The van der Waals surface area contributed by atoms with E-state index in [9.17, 15) is 0 Å². The van der Waals surface area contributed by atoms with Crippen molar-refractivity contribution in [3.8, 4) is 0 Å². The average Bonchev–Trinajstić information content (AvgIpc) is 2.81. The Kier molecular flexibility index (Phi) is 4.77. The van der Waals surface area contributed by atoms with Crippen LogP contribution in [0.4, 0.5) is 0 Å². The smallest absolute Gasteiger partial charge is 0.104 e. The van der Waals surface area contributed by atoms with Crippen LogP contribution in [0.15, 0.2) is 54.1 Å². The fourth-order valence-corrected chi connectivity index (χ4v) is 2.53. The molecule has 0 radical (unpaired) electrons.